The van der Waals surface area contributed by atoms with Crippen molar-refractivity contribution in [2.45, 2.75) is 0 Å². The van der Waals surface area contributed by atoms with E-state index in [4.69, 9.17) is 10.6 Å². The van der Waals surface area contributed by atoms with E-state index in [1.807, 2.05) is 0 Å². The van der Waals surface area contributed by atoms with E-state index in [9.17, 15) is 4.79 Å². The Morgan fingerprint density at radius 2 is 2.50 bits per heavy atom. The molecule has 0 unspecified atom stereocenters. The van der Waals surface area contributed by atoms with E-state index in [1.165, 1.54) is 12.3 Å². The summed E-state index contributed by atoms with van der Waals surface area (Å²) in [7, 11) is 0. The molecule has 6 nitrogen and oxygen atoms in total. The van der Waals surface area contributed by atoms with Gasteiger partial charge >= 0.3 is 0 Å². The zero-order valence-corrected chi connectivity index (χ0v) is 7.21. The number of azide groups is 1. The van der Waals surface area contributed by atoms with Crippen LogP contribution in [0.1, 0.15) is 5.56 Å². The molecule has 1 aromatic heterocycles. The molecule has 1 heterocycles. The van der Waals surface area contributed by atoms with Crippen molar-refractivity contribution in [2.75, 3.05) is 6.54 Å². The Labute approximate surface area is 79.1 Å². The van der Waals surface area contributed by atoms with E-state index in [2.05, 4.69) is 15.0 Å². The maximum absolute atomic E-state index is 10.8. The summed E-state index contributed by atoms with van der Waals surface area (Å²) in [4.78, 5) is 15.7. The minimum absolute atomic E-state index is 0.233. The largest absolute Gasteiger partial charge is 0.503 e. The first-order chi connectivity index (χ1) is 6.74. The monoisotopic (exact) mass is 192 g/mol. The molecular weight excluding hydrogens is 184 g/mol. The second-order valence-corrected chi connectivity index (χ2v) is 2.46. The minimum atomic E-state index is -0.530. The summed E-state index contributed by atoms with van der Waals surface area (Å²) < 4.78 is 0. The van der Waals surface area contributed by atoms with Gasteiger partial charge in [0.1, 0.15) is 0 Å². The van der Waals surface area contributed by atoms with Crippen molar-refractivity contribution in [3.63, 3.8) is 0 Å². The lowest BCUT2D eigenvalue weighted by atomic mass is 10.2. The molecule has 0 bridgehead atoms. The molecule has 0 atom stereocenters. The van der Waals surface area contributed by atoms with Crippen molar-refractivity contribution in [3.05, 3.63) is 44.7 Å². The highest BCUT2D eigenvalue weighted by molar-refractivity contribution is 5.49. The predicted molar refractivity (Wildman–Crippen MR) is 51.8 cm³/mol. The summed E-state index contributed by atoms with van der Waals surface area (Å²) in [5.41, 5.74) is 8.09. The topological polar surface area (TPSA) is 102 Å². The number of hydrogen-bond acceptors (Lipinski definition) is 3. The Kier molecular flexibility index (Phi) is 3.34. The number of aromatic hydroxyl groups is 1. The van der Waals surface area contributed by atoms with Gasteiger partial charge in [0, 0.05) is 17.7 Å². The van der Waals surface area contributed by atoms with Gasteiger partial charge in [-0.15, -0.1) is 0 Å². The molecule has 6 heteroatoms. The van der Waals surface area contributed by atoms with Crippen molar-refractivity contribution < 1.29 is 5.11 Å². The fourth-order valence-electron chi connectivity index (χ4n) is 0.857. The standard InChI is InChI=1S/C8H8N4O2/c9-12-11-3-1-2-6-4-7(13)8(14)10-5-6/h1-2,4-5,13H,3H2,(H,10,14). The van der Waals surface area contributed by atoms with Crippen molar-refractivity contribution in [2.24, 2.45) is 5.11 Å². The average molecular weight is 192 g/mol. The van der Waals surface area contributed by atoms with Gasteiger partial charge in [-0.05, 0) is 17.2 Å². The van der Waals surface area contributed by atoms with Crippen LogP contribution >= 0.6 is 0 Å². The number of nitrogens with one attached hydrogen (secondary N) is 1. The predicted octanol–water partition coefficient (Wildman–Crippen LogP) is 1.40. The summed E-state index contributed by atoms with van der Waals surface area (Å²) in [5.74, 6) is -0.337. The van der Waals surface area contributed by atoms with Gasteiger partial charge in [-0.25, -0.2) is 0 Å². The van der Waals surface area contributed by atoms with E-state index in [-0.39, 0.29) is 12.3 Å². The maximum atomic E-state index is 10.8. The normalized spacial score (nSPS) is 10.0. The fourth-order valence-corrected chi connectivity index (χ4v) is 0.857. The highest BCUT2D eigenvalue weighted by Crippen LogP contribution is 2.05. The summed E-state index contributed by atoms with van der Waals surface area (Å²) in [6, 6.07) is 1.32. The molecule has 0 saturated heterocycles. The van der Waals surface area contributed by atoms with Gasteiger partial charge in [0.25, 0.3) is 5.56 Å². The zero-order chi connectivity index (χ0) is 10.4. The molecule has 0 saturated carbocycles. The van der Waals surface area contributed by atoms with Crippen LogP contribution in [0.4, 0.5) is 0 Å². The molecular formula is C8H8N4O2. The molecule has 0 fully saturated rings. The van der Waals surface area contributed by atoms with Gasteiger partial charge in [-0.2, -0.15) is 0 Å². The van der Waals surface area contributed by atoms with Gasteiger partial charge in [0.2, 0.25) is 0 Å². The molecule has 0 aromatic carbocycles. The van der Waals surface area contributed by atoms with Gasteiger partial charge in [0.05, 0.1) is 0 Å². The molecule has 0 aliphatic carbocycles. The van der Waals surface area contributed by atoms with E-state index < -0.39 is 5.56 Å². The number of nitrogens with zero attached hydrogens (tertiary/aromatic N) is 3. The SMILES string of the molecule is [N-]=[N+]=NCC=Cc1c[nH]c(=O)c(O)c1. The second kappa shape index (κ2) is 4.74. The third kappa shape index (κ3) is 2.69. The molecule has 0 amide bonds. The molecule has 0 radical (unpaired) electrons. The molecule has 14 heavy (non-hydrogen) atoms. The van der Waals surface area contributed by atoms with Crippen molar-refractivity contribution in [3.8, 4) is 5.75 Å². The Hall–Kier alpha value is -2.20. The highest BCUT2D eigenvalue weighted by atomic mass is 16.3. The van der Waals surface area contributed by atoms with Crippen LogP contribution in [-0.2, 0) is 0 Å². The first kappa shape index (κ1) is 9.88. The van der Waals surface area contributed by atoms with Crippen molar-refractivity contribution >= 4 is 6.08 Å². The molecule has 1 rings (SSSR count). The molecule has 0 aliphatic heterocycles. The van der Waals surface area contributed by atoms with Crippen LogP contribution in [0.3, 0.4) is 0 Å². The van der Waals surface area contributed by atoms with Crippen LogP contribution in [0.15, 0.2) is 28.2 Å². The minimum Gasteiger partial charge on any atom is -0.503 e. The number of rotatable bonds is 3. The van der Waals surface area contributed by atoms with Crippen molar-refractivity contribution in [1.82, 2.24) is 4.98 Å². The number of H-pyrrole nitrogens is 1. The number of hydrogen-bond donors (Lipinski definition) is 2. The molecule has 72 valence electrons. The number of aromatic nitrogens is 1. The maximum Gasteiger partial charge on any atom is 0.290 e. The zero-order valence-electron chi connectivity index (χ0n) is 7.21. The van der Waals surface area contributed by atoms with Gasteiger partial charge in [0.15, 0.2) is 5.75 Å². The van der Waals surface area contributed by atoms with E-state index in [1.54, 1.807) is 12.2 Å². The van der Waals surface area contributed by atoms with Crippen LogP contribution in [0.5, 0.6) is 5.75 Å². The third-order valence-corrected chi connectivity index (χ3v) is 1.47. The lowest BCUT2D eigenvalue weighted by molar-refractivity contribution is 0.466. The van der Waals surface area contributed by atoms with E-state index in [0.29, 0.717) is 5.56 Å². The van der Waals surface area contributed by atoms with Gasteiger partial charge in [-0.1, -0.05) is 17.3 Å². The number of pyridine rings is 1. The van der Waals surface area contributed by atoms with Crippen LogP contribution in [0.2, 0.25) is 0 Å². The van der Waals surface area contributed by atoms with Crippen molar-refractivity contribution in [1.29, 1.82) is 0 Å². The highest BCUT2D eigenvalue weighted by Gasteiger charge is 1.94. The molecule has 0 spiro atoms. The van der Waals surface area contributed by atoms with Crippen LogP contribution in [0, 0.1) is 0 Å². The molecule has 0 aliphatic rings. The lowest BCUT2D eigenvalue weighted by Crippen LogP contribution is -2.03. The summed E-state index contributed by atoms with van der Waals surface area (Å²) >= 11 is 0. The van der Waals surface area contributed by atoms with Crippen LogP contribution < -0.4 is 5.56 Å². The fraction of sp³-hybridized carbons (Fsp3) is 0.125. The summed E-state index contributed by atoms with van der Waals surface area (Å²) in [6.07, 6.45) is 4.70. The van der Waals surface area contributed by atoms with E-state index >= 15 is 0 Å². The summed E-state index contributed by atoms with van der Waals surface area (Å²) in [6.45, 7) is 0.233. The van der Waals surface area contributed by atoms with Gasteiger partial charge < -0.3 is 10.1 Å². The first-order valence-electron chi connectivity index (χ1n) is 3.83. The second-order valence-electron chi connectivity index (χ2n) is 2.46. The Morgan fingerprint density at radius 3 is 3.14 bits per heavy atom. The quantitative estimate of drug-likeness (QED) is 0.429. The lowest BCUT2D eigenvalue weighted by Gasteiger charge is -1.93. The first-order valence-corrected chi connectivity index (χ1v) is 3.83. The Morgan fingerprint density at radius 1 is 1.71 bits per heavy atom. The number of aromatic amines is 1. The Balaban J connectivity index is 2.77. The smallest absolute Gasteiger partial charge is 0.290 e. The van der Waals surface area contributed by atoms with Crippen LogP contribution in [-0.4, -0.2) is 16.6 Å². The average Bonchev–Trinajstić information content (AvgIpc) is 2.18. The Bertz CT molecular complexity index is 443. The third-order valence-electron chi connectivity index (χ3n) is 1.47. The molecule has 1 aromatic rings. The van der Waals surface area contributed by atoms with Gasteiger partial charge in [-0.3, -0.25) is 4.79 Å². The summed E-state index contributed by atoms with van der Waals surface area (Å²) in [5, 5.41) is 12.3. The van der Waals surface area contributed by atoms with Crippen LogP contribution in [0.25, 0.3) is 16.5 Å². The molecule has 2 N–H and O–H groups in total. The van der Waals surface area contributed by atoms with E-state index in [0.717, 1.165) is 0 Å².